The van der Waals surface area contributed by atoms with Crippen LogP contribution >= 0.6 is 0 Å². The third-order valence-electron chi connectivity index (χ3n) is 4.02. The topological polar surface area (TPSA) is 70.9 Å². The molecule has 4 rings (SSSR count). The molecule has 5 nitrogen and oxygen atoms in total. The van der Waals surface area contributed by atoms with E-state index >= 15 is 0 Å². The van der Waals surface area contributed by atoms with E-state index in [9.17, 15) is 9.50 Å². The van der Waals surface area contributed by atoms with Crippen LogP contribution in [0.25, 0.3) is 22.0 Å². The molecule has 0 radical (unpaired) electrons. The molecule has 0 saturated heterocycles. The molecular formula is C20H15FN4O. The molecule has 0 aliphatic heterocycles. The van der Waals surface area contributed by atoms with Crippen LogP contribution in [0.2, 0.25) is 0 Å². The van der Waals surface area contributed by atoms with Crippen molar-refractivity contribution in [2.24, 2.45) is 0 Å². The lowest BCUT2D eigenvalue weighted by atomic mass is 10.0. The number of anilines is 2. The Balaban J connectivity index is 1.75. The second-order valence-electron chi connectivity index (χ2n) is 5.93. The number of hydrogen-bond acceptors (Lipinski definition) is 5. The molecule has 26 heavy (non-hydrogen) atoms. The summed E-state index contributed by atoms with van der Waals surface area (Å²) >= 11 is 0. The van der Waals surface area contributed by atoms with E-state index in [4.69, 9.17) is 0 Å². The third-order valence-corrected chi connectivity index (χ3v) is 4.02. The van der Waals surface area contributed by atoms with E-state index < -0.39 is 5.82 Å². The minimum atomic E-state index is -0.482. The number of aryl methyl sites for hydroxylation is 1. The van der Waals surface area contributed by atoms with Crippen molar-refractivity contribution in [2.75, 3.05) is 5.32 Å². The molecule has 4 aromatic rings. The van der Waals surface area contributed by atoms with Crippen LogP contribution in [0.3, 0.4) is 0 Å². The summed E-state index contributed by atoms with van der Waals surface area (Å²) in [5, 5.41) is 13.6. The average Bonchev–Trinajstić information content (AvgIpc) is 2.61. The predicted octanol–water partition coefficient (Wildman–Crippen LogP) is 4.59. The lowest BCUT2D eigenvalue weighted by Crippen LogP contribution is -2.00. The molecule has 0 bridgehead atoms. The Morgan fingerprint density at radius 3 is 2.65 bits per heavy atom. The zero-order valence-corrected chi connectivity index (χ0v) is 13.9. The highest BCUT2D eigenvalue weighted by molar-refractivity contribution is 5.87. The van der Waals surface area contributed by atoms with Gasteiger partial charge in [0.05, 0.1) is 23.1 Å². The molecule has 0 aliphatic rings. The zero-order chi connectivity index (χ0) is 18.1. The number of halogens is 1. The first kappa shape index (κ1) is 16.0. The fourth-order valence-corrected chi connectivity index (χ4v) is 2.82. The van der Waals surface area contributed by atoms with Crippen LogP contribution in [0.1, 0.15) is 5.69 Å². The Bertz CT molecular complexity index is 1080. The molecule has 0 aliphatic carbocycles. The predicted molar refractivity (Wildman–Crippen MR) is 98.9 cm³/mol. The van der Waals surface area contributed by atoms with Gasteiger partial charge >= 0.3 is 0 Å². The molecule has 0 fully saturated rings. The first-order valence-electron chi connectivity index (χ1n) is 8.04. The van der Waals surface area contributed by atoms with Crippen molar-refractivity contribution in [1.29, 1.82) is 0 Å². The quantitative estimate of drug-likeness (QED) is 0.568. The van der Waals surface area contributed by atoms with E-state index in [0.29, 0.717) is 11.5 Å². The summed E-state index contributed by atoms with van der Waals surface area (Å²) in [5.74, 6) is -0.104. The van der Waals surface area contributed by atoms with Crippen molar-refractivity contribution in [3.8, 4) is 16.9 Å². The number of pyridine rings is 1. The number of aromatic hydroxyl groups is 1. The summed E-state index contributed by atoms with van der Waals surface area (Å²) in [6.45, 7) is 1.89. The molecule has 2 aromatic heterocycles. The molecule has 0 spiro atoms. The van der Waals surface area contributed by atoms with E-state index in [0.717, 1.165) is 33.9 Å². The van der Waals surface area contributed by atoms with Crippen molar-refractivity contribution >= 4 is 22.5 Å². The van der Waals surface area contributed by atoms with Gasteiger partial charge in [-0.05, 0) is 54.4 Å². The Labute approximate surface area is 149 Å². The van der Waals surface area contributed by atoms with E-state index in [1.54, 1.807) is 12.4 Å². The number of benzene rings is 2. The van der Waals surface area contributed by atoms with Crippen molar-refractivity contribution in [2.45, 2.75) is 6.92 Å². The molecule has 0 atom stereocenters. The Hall–Kier alpha value is -3.54. The first-order chi connectivity index (χ1) is 12.6. The molecule has 2 N–H and O–H groups in total. The smallest absolute Gasteiger partial charge is 0.228 e. The maximum absolute atomic E-state index is 13.6. The summed E-state index contributed by atoms with van der Waals surface area (Å²) in [6.07, 6.45) is 3.39. The SMILES string of the molecule is Cc1nc(Nc2cccnc2)nc2ccc(-c3cc(O)cc(F)c3)cc12. The summed E-state index contributed by atoms with van der Waals surface area (Å²) < 4.78 is 13.6. The summed E-state index contributed by atoms with van der Waals surface area (Å²) in [7, 11) is 0. The van der Waals surface area contributed by atoms with Gasteiger partial charge in [-0.2, -0.15) is 0 Å². The van der Waals surface area contributed by atoms with Gasteiger partial charge < -0.3 is 10.4 Å². The molecule has 2 aromatic carbocycles. The maximum atomic E-state index is 13.6. The average molecular weight is 346 g/mol. The third kappa shape index (κ3) is 3.17. The highest BCUT2D eigenvalue weighted by atomic mass is 19.1. The second kappa shape index (κ2) is 6.40. The minimum absolute atomic E-state index is 0.107. The van der Waals surface area contributed by atoms with Gasteiger partial charge in [-0.15, -0.1) is 0 Å². The van der Waals surface area contributed by atoms with E-state index in [2.05, 4.69) is 20.3 Å². The Kier molecular flexibility index (Phi) is 3.93. The molecular weight excluding hydrogens is 331 g/mol. The van der Waals surface area contributed by atoms with Crippen molar-refractivity contribution in [3.05, 3.63) is 72.4 Å². The van der Waals surface area contributed by atoms with Crippen molar-refractivity contribution in [3.63, 3.8) is 0 Å². The number of phenols is 1. The van der Waals surface area contributed by atoms with Crippen LogP contribution < -0.4 is 5.32 Å². The second-order valence-corrected chi connectivity index (χ2v) is 5.93. The molecule has 2 heterocycles. The lowest BCUT2D eigenvalue weighted by Gasteiger charge is -2.10. The summed E-state index contributed by atoms with van der Waals surface area (Å²) in [6, 6.07) is 13.3. The molecule has 6 heteroatoms. The monoisotopic (exact) mass is 346 g/mol. The van der Waals surface area contributed by atoms with E-state index in [1.807, 2.05) is 37.3 Å². The lowest BCUT2D eigenvalue weighted by molar-refractivity contribution is 0.469. The van der Waals surface area contributed by atoms with Crippen LogP contribution in [-0.2, 0) is 0 Å². The number of fused-ring (bicyclic) bond motifs is 1. The fourth-order valence-electron chi connectivity index (χ4n) is 2.82. The first-order valence-corrected chi connectivity index (χ1v) is 8.04. The molecule has 0 amide bonds. The number of nitrogens with zero attached hydrogens (tertiary/aromatic N) is 3. The molecule has 0 unspecified atom stereocenters. The minimum Gasteiger partial charge on any atom is -0.508 e. The number of aromatic nitrogens is 3. The molecule has 128 valence electrons. The number of hydrogen-bond donors (Lipinski definition) is 2. The molecule has 0 saturated carbocycles. The Morgan fingerprint density at radius 2 is 1.88 bits per heavy atom. The van der Waals surface area contributed by atoms with Crippen LogP contribution in [0, 0.1) is 12.7 Å². The number of rotatable bonds is 3. The highest BCUT2D eigenvalue weighted by Gasteiger charge is 2.09. The van der Waals surface area contributed by atoms with Gasteiger partial charge in [0.2, 0.25) is 5.95 Å². The van der Waals surface area contributed by atoms with Gasteiger partial charge in [-0.25, -0.2) is 14.4 Å². The highest BCUT2D eigenvalue weighted by Crippen LogP contribution is 2.29. The summed E-state index contributed by atoms with van der Waals surface area (Å²) in [5.41, 5.74) is 3.75. The van der Waals surface area contributed by atoms with Gasteiger partial charge in [0.25, 0.3) is 0 Å². The fraction of sp³-hybridized carbons (Fsp3) is 0.0500. The summed E-state index contributed by atoms with van der Waals surface area (Å²) in [4.78, 5) is 13.1. The largest absolute Gasteiger partial charge is 0.508 e. The van der Waals surface area contributed by atoms with Gasteiger partial charge in [-0.3, -0.25) is 4.98 Å². The van der Waals surface area contributed by atoms with Crippen LogP contribution in [-0.4, -0.2) is 20.1 Å². The number of phenolic OH excluding ortho intramolecular Hbond substituents is 1. The number of nitrogens with one attached hydrogen (secondary N) is 1. The standard InChI is InChI=1S/C20H15FN4O/c1-12-18-9-13(14-7-15(21)10-17(26)8-14)4-5-19(18)25-20(23-12)24-16-3-2-6-22-11-16/h2-11,26H,1H3,(H,23,24,25). The normalized spacial score (nSPS) is 10.8. The van der Waals surface area contributed by atoms with Gasteiger partial charge in [0, 0.05) is 17.6 Å². The van der Waals surface area contributed by atoms with Gasteiger partial charge in [0.15, 0.2) is 0 Å². The van der Waals surface area contributed by atoms with Gasteiger partial charge in [-0.1, -0.05) is 6.07 Å². The van der Waals surface area contributed by atoms with E-state index in [-0.39, 0.29) is 5.75 Å². The van der Waals surface area contributed by atoms with Crippen LogP contribution in [0.15, 0.2) is 60.9 Å². The maximum Gasteiger partial charge on any atom is 0.228 e. The van der Waals surface area contributed by atoms with Crippen LogP contribution in [0.5, 0.6) is 5.75 Å². The van der Waals surface area contributed by atoms with Crippen molar-refractivity contribution in [1.82, 2.24) is 15.0 Å². The Morgan fingerprint density at radius 1 is 1.00 bits per heavy atom. The van der Waals surface area contributed by atoms with Crippen LogP contribution in [0.4, 0.5) is 16.0 Å². The van der Waals surface area contributed by atoms with Crippen molar-refractivity contribution < 1.29 is 9.50 Å². The zero-order valence-electron chi connectivity index (χ0n) is 13.9. The van der Waals surface area contributed by atoms with E-state index in [1.165, 1.54) is 12.1 Å². The van der Waals surface area contributed by atoms with Gasteiger partial charge in [0.1, 0.15) is 11.6 Å².